The lowest BCUT2D eigenvalue weighted by atomic mass is 10.2. The maximum Gasteiger partial charge on any atom is 0.335 e. The first-order valence-corrected chi connectivity index (χ1v) is 5.78. The van der Waals surface area contributed by atoms with Gasteiger partial charge in [0.2, 0.25) is 0 Å². The Morgan fingerprint density at radius 1 is 1.11 bits per heavy atom. The zero-order valence-corrected chi connectivity index (χ0v) is 10.6. The monoisotopic (exact) mass is 261 g/mol. The molecule has 0 radical (unpaired) electrons. The van der Waals surface area contributed by atoms with Crippen LogP contribution in [0.3, 0.4) is 0 Å². The lowest BCUT2D eigenvalue weighted by Gasteiger charge is -2.19. The van der Waals surface area contributed by atoms with Crippen LogP contribution in [-0.4, -0.2) is 18.1 Å². The summed E-state index contributed by atoms with van der Waals surface area (Å²) in [5, 5.41) is 9.63. The lowest BCUT2D eigenvalue weighted by Crippen LogP contribution is -2.10. The van der Waals surface area contributed by atoms with E-state index >= 15 is 0 Å². The molecule has 3 nitrogen and oxygen atoms in total. The van der Waals surface area contributed by atoms with Crippen molar-refractivity contribution >= 4 is 28.9 Å². The molecule has 0 heterocycles. The molecule has 0 aliphatic carbocycles. The predicted octanol–water partition coefficient (Wildman–Crippen LogP) is 3.81. The third-order valence-electron chi connectivity index (χ3n) is 2.69. The second-order valence-electron chi connectivity index (χ2n) is 3.89. The number of carbonyl (C=O) groups is 1. The van der Waals surface area contributed by atoms with E-state index in [9.17, 15) is 4.79 Å². The molecular formula is C14H12ClNO2. The zero-order chi connectivity index (χ0) is 13.1. The van der Waals surface area contributed by atoms with E-state index in [4.69, 9.17) is 16.7 Å². The van der Waals surface area contributed by atoms with Crippen LogP contribution in [-0.2, 0) is 0 Å². The molecule has 2 rings (SSSR count). The number of carboxylic acid groups (broad SMARTS) is 1. The second-order valence-corrected chi connectivity index (χ2v) is 4.33. The van der Waals surface area contributed by atoms with Crippen LogP contribution in [0.25, 0.3) is 0 Å². The van der Waals surface area contributed by atoms with Gasteiger partial charge in [0.05, 0.1) is 5.56 Å². The van der Waals surface area contributed by atoms with Crippen molar-refractivity contribution < 1.29 is 9.90 Å². The Hall–Kier alpha value is -2.00. The van der Waals surface area contributed by atoms with Crippen LogP contribution < -0.4 is 4.90 Å². The number of carboxylic acids is 1. The number of hydrogen-bond donors (Lipinski definition) is 1. The zero-order valence-electron chi connectivity index (χ0n) is 9.80. The molecule has 2 aromatic carbocycles. The molecular weight excluding hydrogens is 250 g/mol. The van der Waals surface area contributed by atoms with Crippen molar-refractivity contribution in [3.05, 3.63) is 59.1 Å². The number of rotatable bonds is 3. The van der Waals surface area contributed by atoms with Crippen molar-refractivity contribution in [3.8, 4) is 0 Å². The normalized spacial score (nSPS) is 10.1. The van der Waals surface area contributed by atoms with Crippen LogP contribution in [0.5, 0.6) is 0 Å². The molecule has 1 N–H and O–H groups in total. The van der Waals surface area contributed by atoms with Crippen LogP contribution in [0.4, 0.5) is 11.4 Å². The number of hydrogen-bond acceptors (Lipinski definition) is 2. The van der Waals surface area contributed by atoms with Gasteiger partial charge in [-0.3, -0.25) is 0 Å². The number of benzene rings is 2. The molecule has 2 aromatic rings. The highest BCUT2D eigenvalue weighted by Gasteiger charge is 2.07. The van der Waals surface area contributed by atoms with Gasteiger partial charge in [0.15, 0.2) is 0 Å². The summed E-state index contributed by atoms with van der Waals surface area (Å²) in [4.78, 5) is 12.8. The molecule has 0 atom stereocenters. The summed E-state index contributed by atoms with van der Waals surface area (Å²) < 4.78 is 0. The van der Waals surface area contributed by atoms with E-state index in [0.29, 0.717) is 5.02 Å². The Kier molecular flexibility index (Phi) is 3.53. The topological polar surface area (TPSA) is 40.5 Å². The third-order valence-corrected chi connectivity index (χ3v) is 2.95. The Morgan fingerprint density at radius 3 is 2.39 bits per heavy atom. The fourth-order valence-electron chi connectivity index (χ4n) is 1.66. The van der Waals surface area contributed by atoms with Gasteiger partial charge in [-0.05, 0) is 42.5 Å². The largest absolute Gasteiger partial charge is 0.478 e. The first kappa shape index (κ1) is 12.5. The van der Waals surface area contributed by atoms with E-state index in [-0.39, 0.29) is 5.56 Å². The van der Waals surface area contributed by atoms with E-state index in [0.717, 1.165) is 11.4 Å². The molecule has 0 aliphatic heterocycles. The summed E-state index contributed by atoms with van der Waals surface area (Å²) in [7, 11) is 1.88. The molecule has 4 heteroatoms. The maximum atomic E-state index is 10.9. The van der Waals surface area contributed by atoms with Gasteiger partial charge in [0.25, 0.3) is 0 Å². The number of halogens is 1. The van der Waals surface area contributed by atoms with Crippen LogP contribution >= 0.6 is 11.6 Å². The van der Waals surface area contributed by atoms with Gasteiger partial charge in [-0.2, -0.15) is 0 Å². The minimum atomic E-state index is -0.929. The SMILES string of the molecule is CN(c1ccc(Cl)cc1)c1cccc(C(=O)O)c1. The number of nitrogens with zero attached hydrogens (tertiary/aromatic N) is 1. The molecule has 0 unspecified atom stereocenters. The standard InChI is InChI=1S/C14H12ClNO2/c1-16(12-7-5-11(15)6-8-12)13-4-2-3-10(9-13)14(17)18/h2-9H,1H3,(H,17,18). The lowest BCUT2D eigenvalue weighted by molar-refractivity contribution is 0.0697. The molecule has 0 saturated carbocycles. The third kappa shape index (κ3) is 2.63. The van der Waals surface area contributed by atoms with Crippen LogP contribution in [0.15, 0.2) is 48.5 Å². The summed E-state index contributed by atoms with van der Waals surface area (Å²) in [6.07, 6.45) is 0. The quantitative estimate of drug-likeness (QED) is 0.913. The van der Waals surface area contributed by atoms with E-state index in [1.54, 1.807) is 30.3 Å². The molecule has 0 saturated heterocycles. The van der Waals surface area contributed by atoms with Crippen LogP contribution in [0.1, 0.15) is 10.4 Å². The Labute approximate surface area is 110 Å². The molecule has 0 amide bonds. The second kappa shape index (κ2) is 5.10. The van der Waals surface area contributed by atoms with Gasteiger partial charge in [-0.25, -0.2) is 4.79 Å². The van der Waals surface area contributed by atoms with E-state index < -0.39 is 5.97 Å². The van der Waals surface area contributed by atoms with Crippen molar-refractivity contribution in [2.24, 2.45) is 0 Å². The van der Waals surface area contributed by atoms with Crippen molar-refractivity contribution in [2.45, 2.75) is 0 Å². The molecule has 0 fully saturated rings. The van der Waals surface area contributed by atoms with E-state index in [2.05, 4.69) is 0 Å². The summed E-state index contributed by atoms with van der Waals surface area (Å²) in [6, 6.07) is 14.2. The Bertz CT molecular complexity index is 566. The average Bonchev–Trinajstić information content (AvgIpc) is 2.39. The Balaban J connectivity index is 2.33. The first-order valence-electron chi connectivity index (χ1n) is 5.40. The fourth-order valence-corrected chi connectivity index (χ4v) is 1.79. The first-order chi connectivity index (χ1) is 8.58. The molecule has 0 aliphatic rings. The Morgan fingerprint density at radius 2 is 1.78 bits per heavy atom. The number of aromatic carboxylic acids is 1. The summed E-state index contributed by atoms with van der Waals surface area (Å²) >= 11 is 5.83. The van der Waals surface area contributed by atoms with Crippen molar-refractivity contribution in [3.63, 3.8) is 0 Å². The van der Waals surface area contributed by atoms with Gasteiger partial charge >= 0.3 is 5.97 Å². The van der Waals surface area contributed by atoms with Gasteiger partial charge in [-0.15, -0.1) is 0 Å². The molecule has 92 valence electrons. The average molecular weight is 262 g/mol. The fraction of sp³-hybridized carbons (Fsp3) is 0.0714. The van der Waals surface area contributed by atoms with Crippen molar-refractivity contribution in [1.29, 1.82) is 0 Å². The highest BCUT2D eigenvalue weighted by molar-refractivity contribution is 6.30. The van der Waals surface area contributed by atoms with Crippen LogP contribution in [0, 0.1) is 0 Å². The summed E-state index contributed by atoms with van der Waals surface area (Å²) in [5.74, 6) is -0.929. The highest BCUT2D eigenvalue weighted by Crippen LogP contribution is 2.25. The van der Waals surface area contributed by atoms with Gasteiger partial charge in [-0.1, -0.05) is 17.7 Å². The minimum Gasteiger partial charge on any atom is -0.478 e. The van der Waals surface area contributed by atoms with Gasteiger partial charge in [0.1, 0.15) is 0 Å². The molecule has 18 heavy (non-hydrogen) atoms. The van der Waals surface area contributed by atoms with Gasteiger partial charge in [0, 0.05) is 23.4 Å². The van der Waals surface area contributed by atoms with E-state index in [1.807, 2.05) is 30.1 Å². The highest BCUT2D eigenvalue weighted by atomic mass is 35.5. The minimum absolute atomic E-state index is 0.272. The van der Waals surface area contributed by atoms with Crippen molar-refractivity contribution in [1.82, 2.24) is 0 Å². The molecule has 0 bridgehead atoms. The van der Waals surface area contributed by atoms with Gasteiger partial charge < -0.3 is 10.0 Å². The number of anilines is 2. The van der Waals surface area contributed by atoms with Crippen molar-refractivity contribution in [2.75, 3.05) is 11.9 Å². The molecule has 0 spiro atoms. The summed E-state index contributed by atoms with van der Waals surface area (Å²) in [6.45, 7) is 0. The molecule has 0 aromatic heterocycles. The predicted molar refractivity (Wildman–Crippen MR) is 72.9 cm³/mol. The summed E-state index contributed by atoms with van der Waals surface area (Å²) in [5.41, 5.74) is 2.03. The van der Waals surface area contributed by atoms with Crippen LogP contribution in [0.2, 0.25) is 5.02 Å². The van der Waals surface area contributed by atoms with E-state index in [1.165, 1.54) is 0 Å². The maximum absolute atomic E-state index is 10.9. The smallest absolute Gasteiger partial charge is 0.335 e.